The first-order valence-corrected chi connectivity index (χ1v) is 6.35. The van der Waals surface area contributed by atoms with Crippen molar-refractivity contribution in [3.8, 4) is 0 Å². The third kappa shape index (κ3) is 3.38. The Morgan fingerprint density at radius 2 is 1.88 bits per heavy atom. The first-order chi connectivity index (χ1) is 8.29. The van der Waals surface area contributed by atoms with Crippen LogP contribution in [0.5, 0.6) is 0 Å². The maximum absolute atomic E-state index is 9.46. The van der Waals surface area contributed by atoms with Gasteiger partial charge in [0.15, 0.2) is 0 Å². The van der Waals surface area contributed by atoms with Gasteiger partial charge in [-0.25, -0.2) is 0 Å². The molecule has 1 aromatic heterocycles. The van der Waals surface area contributed by atoms with E-state index >= 15 is 0 Å². The molecule has 17 heavy (non-hydrogen) atoms. The molecule has 3 heteroatoms. The third-order valence-electron chi connectivity index (χ3n) is 2.74. The molecule has 1 heterocycles. The standard InChI is InChI=1S/C14H14BrNO/c15-13-6-7-14(16-9-13)8-12(10-17)11-4-2-1-3-5-11/h1-7,9,12,17H,8,10H2. The minimum Gasteiger partial charge on any atom is -0.396 e. The van der Waals surface area contributed by atoms with E-state index in [1.165, 1.54) is 0 Å². The van der Waals surface area contributed by atoms with E-state index in [-0.39, 0.29) is 12.5 Å². The van der Waals surface area contributed by atoms with Gasteiger partial charge in [0.1, 0.15) is 0 Å². The molecule has 1 atom stereocenters. The predicted octanol–water partition coefficient (Wildman–Crippen LogP) is 3.16. The van der Waals surface area contributed by atoms with Crippen molar-refractivity contribution in [2.45, 2.75) is 12.3 Å². The molecule has 2 rings (SSSR count). The van der Waals surface area contributed by atoms with Crippen LogP contribution in [0, 0.1) is 0 Å². The van der Waals surface area contributed by atoms with E-state index in [1.54, 1.807) is 6.20 Å². The summed E-state index contributed by atoms with van der Waals surface area (Å²) in [6, 6.07) is 14.0. The average Bonchev–Trinajstić information content (AvgIpc) is 2.39. The maximum Gasteiger partial charge on any atom is 0.0503 e. The Kier molecular flexibility index (Phi) is 4.29. The zero-order valence-corrected chi connectivity index (χ0v) is 11.0. The molecule has 1 unspecified atom stereocenters. The molecule has 88 valence electrons. The molecule has 0 spiro atoms. The third-order valence-corrected chi connectivity index (χ3v) is 3.20. The second kappa shape index (κ2) is 5.94. The lowest BCUT2D eigenvalue weighted by Gasteiger charge is -2.13. The maximum atomic E-state index is 9.46. The summed E-state index contributed by atoms with van der Waals surface area (Å²) in [4.78, 5) is 4.33. The van der Waals surface area contributed by atoms with E-state index in [4.69, 9.17) is 0 Å². The second-order valence-corrected chi connectivity index (χ2v) is 4.88. The lowest BCUT2D eigenvalue weighted by molar-refractivity contribution is 0.264. The number of aliphatic hydroxyl groups excluding tert-OH is 1. The number of hydrogen-bond donors (Lipinski definition) is 1. The Labute approximate surface area is 109 Å². The topological polar surface area (TPSA) is 33.1 Å². The van der Waals surface area contributed by atoms with Crippen LogP contribution in [0.15, 0.2) is 53.1 Å². The van der Waals surface area contributed by atoms with Crippen LogP contribution in [-0.4, -0.2) is 16.7 Å². The van der Waals surface area contributed by atoms with Crippen molar-refractivity contribution in [2.24, 2.45) is 0 Å². The molecule has 0 saturated carbocycles. The van der Waals surface area contributed by atoms with E-state index in [1.807, 2.05) is 42.5 Å². The van der Waals surface area contributed by atoms with Crippen molar-refractivity contribution in [3.63, 3.8) is 0 Å². The van der Waals surface area contributed by atoms with Crippen LogP contribution < -0.4 is 0 Å². The summed E-state index contributed by atoms with van der Waals surface area (Å²) in [6.07, 6.45) is 2.54. The van der Waals surface area contributed by atoms with Gasteiger partial charge in [0, 0.05) is 22.3 Å². The second-order valence-electron chi connectivity index (χ2n) is 3.96. The summed E-state index contributed by atoms with van der Waals surface area (Å²) in [5.74, 6) is 0.116. The fourth-order valence-corrected chi connectivity index (χ4v) is 2.03. The van der Waals surface area contributed by atoms with Crippen molar-refractivity contribution >= 4 is 15.9 Å². The summed E-state index contributed by atoms with van der Waals surface area (Å²) in [5, 5.41) is 9.46. The Balaban J connectivity index is 2.13. The van der Waals surface area contributed by atoms with Crippen molar-refractivity contribution in [2.75, 3.05) is 6.61 Å². The quantitative estimate of drug-likeness (QED) is 0.939. The molecule has 0 fully saturated rings. The molecular weight excluding hydrogens is 278 g/mol. The Bertz CT molecular complexity index is 455. The minimum atomic E-state index is 0.116. The first kappa shape index (κ1) is 12.3. The van der Waals surface area contributed by atoms with Gasteiger partial charge in [0.2, 0.25) is 0 Å². The zero-order chi connectivity index (χ0) is 12.1. The summed E-state index contributed by atoms with van der Waals surface area (Å²) in [5.41, 5.74) is 2.15. The Hall–Kier alpha value is -1.19. The van der Waals surface area contributed by atoms with Crippen LogP contribution >= 0.6 is 15.9 Å². The van der Waals surface area contributed by atoms with E-state index in [0.29, 0.717) is 0 Å². The fraction of sp³-hybridized carbons (Fsp3) is 0.214. The molecule has 0 aliphatic rings. The number of hydrogen-bond acceptors (Lipinski definition) is 2. The molecule has 0 radical (unpaired) electrons. The summed E-state index contributed by atoms with van der Waals surface area (Å²) >= 11 is 3.36. The Morgan fingerprint density at radius 1 is 1.12 bits per heavy atom. The van der Waals surface area contributed by atoms with Gasteiger partial charge in [0.05, 0.1) is 6.61 Å². The van der Waals surface area contributed by atoms with Crippen LogP contribution in [0.4, 0.5) is 0 Å². The average molecular weight is 292 g/mol. The molecule has 0 amide bonds. The van der Waals surface area contributed by atoms with Gasteiger partial charge in [0.25, 0.3) is 0 Å². The molecular formula is C14H14BrNO. The minimum absolute atomic E-state index is 0.116. The lowest BCUT2D eigenvalue weighted by Crippen LogP contribution is -2.08. The highest BCUT2D eigenvalue weighted by atomic mass is 79.9. The number of nitrogens with zero attached hydrogens (tertiary/aromatic N) is 1. The number of rotatable bonds is 4. The molecule has 1 N–H and O–H groups in total. The van der Waals surface area contributed by atoms with E-state index in [0.717, 1.165) is 22.2 Å². The van der Waals surface area contributed by atoms with Gasteiger partial charge in [-0.1, -0.05) is 30.3 Å². The van der Waals surface area contributed by atoms with Crippen molar-refractivity contribution in [1.82, 2.24) is 4.98 Å². The van der Waals surface area contributed by atoms with Crippen molar-refractivity contribution < 1.29 is 5.11 Å². The fourth-order valence-electron chi connectivity index (χ4n) is 1.79. The normalized spacial score (nSPS) is 12.4. The van der Waals surface area contributed by atoms with Crippen molar-refractivity contribution in [1.29, 1.82) is 0 Å². The van der Waals surface area contributed by atoms with Gasteiger partial charge in [-0.15, -0.1) is 0 Å². The molecule has 1 aromatic carbocycles. The highest BCUT2D eigenvalue weighted by molar-refractivity contribution is 9.10. The number of pyridine rings is 1. The smallest absolute Gasteiger partial charge is 0.0503 e. The predicted molar refractivity (Wildman–Crippen MR) is 71.9 cm³/mol. The molecule has 2 nitrogen and oxygen atoms in total. The van der Waals surface area contributed by atoms with Crippen LogP contribution in [0.1, 0.15) is 17.2 Å². The van der Waals surface area contributed by atoms with Gasteiger partial charge in [-0.05, 0) is 40.0 Å². The van der Waals surface area contributed by atoms with E-state index in [9.17, 15) is 5.11 Å². The highest BCUT2D eigenvalue weighted by Gasteiger charge is 2.11. The molecule has 0 bridgehead atoms. The van der Waals surface area contributed by atoms with Crippen LogP contribution in [-0.2, 0) is 6.42 Å². The Morgan fingerprint density at radius 3 is 2.47 bits per heavy atom. The van der Waals surface area contributed by atoms with E-state index < -0.39 is 0 Å². The molecule has 0 aliphatic heterocycles. The van der Waals surface area contributed by atoms with Crippen LogP contribution in [0.3, 0.4) is 0 Å². The summed E-state index contributed by atoms with van der Waals surface area (Å²) < 4.78 is 0.974. The highest BCUT2D eigenvalue weighted by Crippen LogP contribution is 2.20. The molecule has 0 saturated heterocycles. The first-order valence-electron chi connectivity index (χ1n) is 5.56. The molecule has 2 aromatic rings. The number of aromatic nitrogens is 1. The van der Waals surface area contributed by atoms with Gasteiger partial charge >= 0.3 is 0 Å². The van der Waals surface area contributed by atoms with Gasteiger partial charge in [-0.3, -0.25) is 4.98 Å². The number of benzene rings is 1. The number of halogens is 1. The SMILES string of the molecule is OCC(Cc1ccc(Br)cn1)c1ccccc1. The summed E-state index contributed by atoms with van der Waals surface area (Å²) in [7, 11) is 0. The summed E-state index contributed by atoms with van der Waals surface area (Å²) in [6.45, 7) is 0.141. The molecule has 0 aliphatic carbocycles. The lowest BCUT2D eigenvalue weighted by atomic mass is 9.95. The van der Waals surface area contributed by atoms with Gasteiger partial charge < -0.3 is 5.11 Å². The van der Waals surface area contributed by atoms with E-state index in [2.05, 4.69) is 20.9 Å². The monoisotopic (exact) mass is 291 g/mol. The van der Waals surface area contributed by atoms with Gasteiger partial charge in [-0.2, -0.15) is 0 Å². The largest absolute Gasteiger partial charge is 0.396 e. The van der Waals surface area contributed by atoms with Crippen molar-refractivity contribution in [3.05, 3.63) is 64.4 Å². The van der Waals surface area contributed by atoms with Crippen LogP contribution in [0.25, 0.3) is 0 Å². The number of aliphatic hydroxyl groups is 1. The van der Waals surface area contributed by atoms with Crippen LogP contribution in [0.2, 0.25) is 0 Å². The zero-order valence-electron chi connectivity index (χ0n) is 9.38.